The van der Waals surface area contributed by atoms with E-state index in [-0.39, 0.29) is 0 Å². The average Bonchev–Trinajstić information content (AvgIpc) is 2.46. The number of hydrazine groups is 1. The minimum absolute atomic E-state index is 0.394. The number of benzene rings is 2. The molecule has 0 saturated carbocycles. The average molecular weight is 240 g/mol. The third kappa shape index (κ3) is 2.74. The Kier molecular flexibility index (Phi) is 3.71. The van der Waals surface area contributed by atoms with Gasteiger partial charge in [-0.2, -0.15) is 5.01 Å². The molecule has 0 aromatic heterocycles. The summed E-state index contributed by atoms with van der Waals surface area (Å²) in [6.07, 6.45) is 0.461. The lowest BCUT2D eigenvalue weighted by molar-refractivity contribution is -0.115. The Morgan fingerprint density at radius 3 is 2.06 bits per heavy atom. The second-order valence-corrected chi connectivity index (χ2v) is 3.62. The van der Waals surface area contributed by atoms with Gasteiger partial charge < -0.3 is 0 Å². The van der Waals surface area contributed by atoms with Crippen LogP contribution in [0.3, 0.4) is 0 Å². The first-order valence-corrected chi connectivity index (χ1v) is 5.47. The van der Waals surface area contributed by atoms with Crippen LogP contribution in [-0.4, -0.2) is 17.3 Å². The Morgan fingerprint density at radius 1 is 0.944 bits per heavy atom. The van der Waals surface area contributed by atoms with E-state index in [0.29, 0.717) is 17.7 Å². The minimum Gasteiger partial charge on any atom is -0.289 e. The van der Waals surface area contributed by atoms with E-state index in [4.69, 9.17) is 0 Å². The van der Waals surface area contributed by atoms with Crippen molar-refractivity contribution in [3.8, 4) is 0 Å². The molecule has 0 spiro atoms. The highest BCUT2D eigenvalue weighted by Crippen LogP contribution is 2.08. The first-order chi connectivity index (χ1) is 8.81. The second kappa shape index (κ2) is 5.63. The fourth-order valence-electron chi connectivity index (χ4n) is 1.50. The van der Waals surface area contributed by atoms with E-state index in [0.717, 1.165) is 5.01 Å². The normalized spacial score (nSPS) is 9.56. The van der Waals surface area contributed by atoms with E-state index in [9.17, 15) is 9.59 Å². The summed E-state index contributed by atoms with van der Waals surface area (Å²) in [6.45, 7) is 0. The van der Waals surface area contributed by atoms with Gasteiger partial charge in [-0.1, -0.05) is 36.4 Å². The number of anilines is 1. The fraction of sp³-hybridized carbons (Fsp3) is 0. The van der Waals surface area contributed by atoms with Gasteiger partial charge in [0.05, 0.1) is 5.69 Å². The summed E-state index contributed by atoms with van der Waals surface area (Å²) in [5, 5.41) is 0.921. The van der Waals surface area contributed by atoms with E-state index in [1.165, 1.54) is 0 Å². The van der Waals surface area contributed by atoms with Crippen LogP contribution < -0.4 is 5.43 Å². The summed E-state index contributed by atoms with van der Waals surface area (Å²) in [6, 6.07) is 17.7. The molecular weight excluding hydrogens is 228 g/mol. The van der Waals surface area contributed by atoms with Gasteiger partial charge in [0.2, 0.25) is 6.41 Å². The molecule has 0 radical (unpaired) electrons. The lowest BCUT2D eigenvalue weighted by Crippen LogP contribution is -2.34. The van der Waals surface area contributed by atoms with Gasteiger partial charge in [-0.3, -0.25) is 15.0 Å². The maximum atomic E-state index is 12.0. The van der Waals surface area contributed by atoms with Crippen LogP contribution in [0.1, 0.15) is 10.4 Å². The smallest absolute Gasteiger partial charge is 0.279 e. The Balaban J connectivity index is 2.15. The highest BCUT2D eigenvalue weighted by Gasteiger charge is 2.14. The van der Waals surface area contributed by atoms with Crippen LogP contribution in [0.5, 0.6) is 0 Å². The molecule has 0 fully saturated rings. The second-order valence-electron chi connectivity index (χ2n) is 3.62. The summed E-state index contributed by atoms with van der Waals surface area (Å²) in [7, 11) is 0. The number of nitrogens with zero attached hydrogens (tertiary/aromatic N) is 1. The van der Waals surface area contributed by atoms with Crippen molar-refractivity contribution < 1.29 is 9.59 Å². The molecule has 0 atom stereocenters. The van der Waals surface area contributed by atoms with Crippen molar-refractivity contribution in [1.82, 2.24) is 5.01 Å². The number of carbonyl (C=O) groups is 2. The number of amides is 2. The molecule has 0 aliphatic rings. The van der Waals surface area contributed by atoms with E-state index >= 15 is 0 Å². The monoisotopic (exact) mass is 240 g/mol. The van der Waals surface area contributed by atoms with Gasteiger partial charge in [0.1, 0.15) is 0 Å². The molecule has 90 valence electrons. The summed E-state index contributed by atoms with van der Waals surface area (Å²) in [4.78, 5) is 23.0. The molecule has 2 amide bonds. The number of carbonyl (C=O) groups excluding carboxylic acids is 2. The molecule has 4 heteroatoms. The first-order valence-electron chi connectivity index (χ1n) is 5.47. The van der Waals surface area contributed by atoms with Gasteiger partial charge in [-0.05, 0) is 24.3 Å². The molecular formula is C14H12N2O2. The quantitative estimate of drug-likeness (QED) is 0.659. The molecule has 0 unspecified atom stereocenters. The van der Waals surface area contributed by atoms with Gasteiger partial charge in [-0.15, -0.1) is 0 Å². The molecule has 0 heterocycles. The first kappa shape index (κ1) is 11.9. The number of hydrogen-bond acceptors (Lipinski definition) is 3. The zero-order valence-corrected chi connectivity index (χ0v) is 9.61. The predicted molar refractivity (Wildman–Crippen MR) is 68.7 cm³/mol. The van der Waals surface area contributed by atoms with Crippen molar-refractivity contribution in [3.05, 3.63) is 66.2 Å². The van der Waals surface area contributed by atoms with Gasteiger partial charge in [-0.25, -0.2) is 0 Å². The summed E-state index contributed by atoms with van der Waals surface area (Å²) >= 11 is 0. The Hall–Kier alpha value is -2.62. The molecule has 2 aromatic carbocycles. The van der Waals surface area contributed by atoms with Gasteiger partial charge in [0.25, 0.3) is 5.91 Å². The van der Waals surface area contributed by atoms with Crippen LogP contribution in [-0.2, 0) is 4.79 Å². The molecule has 2 aromatic rings. The lowest BCUT2D eigenvalue weighted by atomic mass is 10.2. The zero-order chi connectivity index (χ0) is 12.8. The predicted octanol–water partition coefficient (Wildman–Crippen LogP) is 2.31. The van der Waals surface area contributed by atoms with Crippen molar-refractivity contribution in [1.29, 1.82) is 0 Å². The molecule has 1 N–H and O–H groups in total. The van der Waals surface area contributed by atoms with Crippen molar-refractivity contribution in [3.63, 3.8) is 0 Å². The van der Waals surface area contributed by atoms with Crippen LogP contribution in [0.4, 0.5) is 5.69 Å². The summed E-state index contributed by atoms with van der Waals surface area (Å²) < 4.78 is 0. The maximum absolute atomic E-state index is 12.0. The number of hydrogen-bond donors (Lipinski definition) is 1. The van der Waals surface area contributed by atoms with Crippen molar-refractivity contribution in [2.75, 3.05) is 5.43 Å². The third-order valence-corrected chi connectivity index (χ3v) is 2.37. The lowest BCUT2D eigenvalue weighted by Gasteiger charge is -2.17. The number of nitrogens with one attached hydrogen (secondary N) is 1. The number of imide groups is 1. The minimum atomic E-state index is -0.394. The molecule has 4 nitrogen and oxygen atoms in total. The number of rotatable bonds is 4. The fourth-order valence-corrected chi connectivity index (χ4v) is 1.50. The summed E-state index contributed by atoms with van der Waals surface area (Å²) in [5.41, 5.74) is 3.87. The Bertz CT molecular complexity index is 526. The maximum Gasteiger partial charge on any atom is 0.279 e. The van der Waals surface area contributed by atoms with Crippen LogP contribution in [0.15, 0.2) is 60.7 Å². The van der Waals surface area contributed by atoms with E-state index in [2.05, 4.69) is 5.43 Å². The molecule has 18 heavy (non-hydrogen) atoms. The molecule has 0 saturated heterocycles. The summed E-state index contributed by atoms with van der Waals surface area (Å²) in [5.74, 6) is -0.394. The largest absolute Gasteiger partial charge is 0.289 e. The van der Waals surface area contributed by atoms with Gasteiger partial charge in [0.15, 0.2) is 0 Å². The van der Waals surface area contributed by atoms with E-state index < -0.39 is 5.91 Å². The van der Waals surface area contributed by atoms with Crippen molar-refractivity contribution in [2.45, 2.75) is 0 Å². The Labute approximate surface area is 105 Å². The van der Waals surface area contributed by atoms with Crippen LogP contribution in [0.2, 0.25) is 0 Å². The highest BCUT2D eigenvalue weighted by atomic mass is 16.2. The van der Waals surface area contributed by atoms with Crippen LogP contribution >= 0.6 is 0 Å². The zero-order valence-electron chi connectivity index (χ0n) is 9.61. The molecule has 0 aliphatic heterocycles. The van der Waals surface area contributed by atoms with Crippen molar-refractivity contribution in [2.24, 2.45) is 0 Å². The van der Waals surface area contributed by atoms with Crippen molar-refractivity contribution >= 4 is 18.0 Å². The Morgan fingerprint density at radius 2 is 1.50 bits per heavy atom. The molecule has 0 bridgehead atoms. The SMILES string of the molecule is O=CN(Nc1ccccc1)C(=O)c1ccccc1. The van der Waals surface area contributed by atoms with E-state index in [1.54, 1.807) is 36.4 Å². The topological polar surface area (TPSA) is 49.4 Å². The van der Waals surface area contributed by atoms with Gasteiger partial charge >= 0.3 is 0 Å². The van der Waals surface area contributed by atoms with Gasteiger partial charge in [0, 0.05) is 5.56 Å². The van der Waals surface area contributed by atoms with E-state index in [1.807, 2.05) is 24.3 Å². The third-order valence-electron chi connectivity index (χ3n) is 2.37. The van der Waals surface area contributed by atoms with Crippen LogP contribution in [0.25, 0.3) is 0 Å². The standard InChI is InChI=1S/C14H12N2O2/c17-11-16(15-13-9-5-2-6-10-13)14(18)12-7-3-1-4-8-12/h1-11,15H. The van der Waals surface area contributed by atoms with Crippen LogP contribution in [0, 0.1) is 0 Å². The highest BCUT2D eigenvalue weighted by molar-refractivity contribution is 6.00. The molecule has 2 rings (SSSR count). The number of para-hydroxylation sites is 1. The molecule has 0 aliphatic carbocycles.